The Morgan fingerprint density at radius 1 is 1.04 bits per heavy atom. The van der Waals surface area contributed by atoms with Crippen LogP contribution in [0.2, 0.25) is 0 Å². The van der Waals surface area contributed by atoms with Crippen LogP contribution in [0, 0.1) is 5.82 Å². The number of thiophene rings is 1. The molecule has 1 amide bonds. The molecule has 0 unspecified atom stereocenters. The molecule has 2 aliphatic rings. The molecule has 0 atom stereocenters. The third-order valence-corrected chi connectivity index (χ3v) is 6.14. The Balaban J connectivity index is 1.45. The maximum Gasteiger partial charge on any atom is 0.255 e. The van der Waals surface area contributed by atoms with Crippen LogP contribution in [0.25, 0.3) is 0 Å². The van der Waals surface area contributed by atoms with Crippen molar-refractivity contribution in [3.05, 3.63) is 51.5 Å². The summed E-state index contributed by atoms with van der Waals surface area (Å²) < 4.78 is 13.9. The molecule has 1 aliphatic heterocycles. The summed E-state index contributed by atoms with van der Waals surface area (Å²) in [6, 6.07) is 6.86. The van der Waals surface area contributed by atoms with Crippen LogP contribution in [0.5, 0.6) is 0 Å². The van der Waals surface area contributed by atoms with E-state index >= 15 is 0 Å². The van der Waals surface area contributed by atoms with Crippen LogP contribution in [0.4, 0.5) is 10.1 Å². The fourth-order valence-electron chi connectivity index (χ4n) is 3.70. The van der Waals surface area contributed by atoms with Gasteiger partial charge in [-0.15, -0.1) is 11.3 Å². The zero-order chi connectivity index (χ0) is 16.5. The molecular formula is C19H21FN2OS. The maximum absolute atomic E-state index is 13.9. The molecule has 1 fully saturated rings. The predicted octanol–water partition coefficient (Wildman–Crippen LogP) is 3.73. The third kappa shape index (κ3) is 2.81. The van der Waals surface area contributed by atoms with Crippen LogP contribution < -0.4 is 4.90 Å². The average molecular weight is 344 g/mol. The van der Waals surface area contributed by atoms with Crippen molar-refractivity contribution in [3.8, 4) is 0 Å². The largest absolute Gasteiger partial charge is 0.366 e. The molecule has 1 aromatic carbocycles. The van der Waals surface area contributed by atoms with Crippen LogP contribution in [0.3, 0.4) is 0 Å². The highest BCUT2D eigenvalue weighted by Gasteiger charge is 2.27. The zero-order valence-electron chi connectivity index (χ0n) is 13.6. The third-order valence-electron chi connectivity index (χ3n) is 5.05. The second-order valence-electron chi connectivity index (χ2n) is 6.49. The molecule has 2 heterocycles. The Morgan fingerprint density at radius 3 is 2.58 bits per heavy atom. The smallest absolute Gasteiger partial charge is 0.255 e. The lowest BCUT2D eigenvalue weighted by Gasteiger charge is -2.36. The first kappa shape index (κ1) is 15.6. The molecule has 24 heavy (non-hydrogen) atoms. The van der Waals surface area contributed by atoms with E-state index < -0.39 is 0 Å². The van der Waals surface area contributed by atoms with Gasteiger partial charge in [-0.05, 0) is 43.4 Å². The van der Waals surface area contributed by atoms with Crippen molar-refractivity contribution in [2.24, 2.45) is 0 Å². The summed E-state index contributed by atoms with van der Waals surface area (Å²) in [4.78, 5) is 18.2. The van der Waals surface area contributed by atoms with E-state index in [0.717, 1.165) is 18.4 Å². The zero-order valence-corrected chi connectivity index (χ0v) is 14.4. The summed E-state index contributed by atoms with van der Waals surface area (Å²) in [5.41, 5.74) is 2.83. The van der Waals surface area contributed by atoms with Crippen LogP contribution in [-0.2, 0) is 12.8 Å². The van der Waals surface area contributed by atoms with Crippen molar-refractivity contribution in [1.29, 1.82) is 0 Å². The number of anilines is 1. The number of hydrogen-bond acceptors (Lipinski definition) is 3. The number of aryl methyl sites for hydroxylation is 1. The number of carbonyl (C=O) groups is 1. The second kappa shape index (κ2) is 6.55. The number of piperazine rings is 1. The van der Waals surface area contributed by atoms with Gasteiger partial charge < -0.3 is 9.80 Å². The highest BCUT2D eigenvalue weighted by atomic mass is 32.1. The van der Waals surface area contributed by atoms with Gasteiger partial charge in [0, 0.05) is 36.4 Å². The Labute approximate surface area is 145 Å². The number of carbonyl (C=O) groups excluding carboxylic acids is 1. The van der Waals surface area contributed by atoms with E-state index in [1.807, 2.05) is 27.3 Å². The standard InChI is InChI=1S/C19H21FN2OS/c20-16-6-2-3-7-17(16)21-9-11-22(12-10-21)19(23)15-13-24-18-8-4-1-5-14(15)18/h2-3,6-7,13H,1,4-5,8-12H2. The van der Waals surface area contributed by atoms with Crippen molar-refractivity contribution in [3.63, 3.8) is 0 Å². The number of halogens is 1. The summed E-state index contributed by atoms with van der Waals surface area (Å²) in [5, 5.41) is 2.04. The fourth-order valence-corrected chi connectivity index (χ4v) is 4.82. The minimum atomic E-state index is -0.191. The first-order valence-corrected chi connectivity index (χ1v) is 9.50. The molecule has 5 heteroatoms. The average Bonchev–Trinajstić information content (AvgIpc) is 3.06. The Bertz CT molecular complexity index is 750. The summed E-state index contributed by atoms with van der Waals surface area (Å²) in [6.07, 6.45) is 4.58. The van der Waals surface area contributed by atoms with Gasteiger partial charge in [0.2, 0.25) is 0 Å². The van der Waals surface area contributed by atoms with Gasteiger partial charge in [-0.25, -0.2) is 4.39 Å². The van der Waals surface area contributed by atoms with E-state index in [1.165, 1.54) is 29.3 Å². The summed E-state index contributed by atoms with van der Waals surface area (Å²) >= 11 is 1.74. The molecule has 1 aliphatic carbocycles. The van der Waals surface area contributed by atoms with Crippen LogP contribution >= 0.6 is 11.3 Å². The van der Waals surface area contributed by atoms with E-state index in [4.69, 9.17) is 0 Å². The highest BCUT2D eigenvalue weighted by molar-refractivity contribution is 7.10. The molecule has 126 valence electrons. The molecule has 1 saturated heterocycles. The number of hydrogen-bond donors (Lipinski definition) is 0. The molecule has 0 bridgehead atoms. The van der Waals surface area contributed by atoms with Gasteiger partial charge in [0.05, 0.1) is 11.3 Å². The van der Waals surface area contributed by atoms with Crippen LogP contribution in [0.1, 0.15) is 33.6 Å². The summed E-state index contributed by atoms with van der Waals surface area (Å²) in [7, 11) is 0. The Hall–Kier alpha value is -1.88. The van der Waals surface area contributed by atoms with Crippen molar-refractivity contribution in [1.82, 2.24) is 4.90 Å². The van der Waals surface area contributed by atoms with E-state index in [1.54, 1.807) is 17.4 Å². The number of amides is 1. The number of fused-ring (bicyclic) bond motifs is 1. The Morgan fingerprint density at radius 2 is 1.79 bits per heavy atom. The predicted molar refractivity (Wildman–Crippen MR) is 95.5 cm³/mol. The van der Waals surface area contributed by atoms with Crippen molar-refractivity contribution in [2.75, 3.05) is 31.1 Å². The molecule has 0 radical (unpaired) electrons. The van der Waals surface area contributed by atoms with E-state index in [-0.39, 0.29) is 11.7 Å². The first-order chi connectivity index (χ1) is 11.7. The molecule has 0 N–H and O–H groups in total. The lowest BCUT2D eigenvalue weighted by atomic mass is 9.95. The summed E-state index contributed by atoms with van der Waals surface area (Å²) in [5.74, 6) is -0.0354. The molecular weight excluding hydrogens is 323 g/mol. The van der Waals surface area contributed by atoms with E-state index in [0.29, 0.717) is 31.9 Å². The van der Waals surface area contributed by atoms with Gasteiger partial charge in [0.15, 0.2) is 0 Å². The van der Waals surface area contributed by atoms with Crippen molar-refractivity contribution < 1.29 is 9.18 Å². The molecule has 2 aromatic rings. The number of nitrogens with zero attached hydrogens (tertiary/aromatic N) is 2. The maximum atomic E-state index is 13.9. The topological polar surface area (TPSA) is 23.6 Å². The first-order valence-electron chi connectivity index (χ1n) is 8.62. The van der Waals surface area contributed by atoms with Gasteiger partial charge >= 0.3 is 0 Å². The summed E-state index contributed by atoms with van der Waals surface area (Å²) in [6.45, 7) is 2.66. The highest BCUT2D eigenvalue weighted by Crippen LogP contribution is 2.31. The quantitative estimate of drug-likeness (QED) is 0.829. The molecule has 0 saturated carbocycles. The minimum Gasteiger partial charge on any atom is -0.366 e. The number of benzene rings is 1. The van der Waals surface area contributed by atoms with Gasteiger partial charge in [-0.3, -0.25) is 4.79 Å². The van der Waals surface area contributed by atoms with E-state index in [2.05, 4.69) is 0 Å². The molecule has 3 nitrogen and oxygen atoms in total. The second-order valence-corrected chi connectivity index (χ2v) is 7.45. The lowest BCUT2D eigenvalue weighted by molar-refractivity contribution is 0.0746. The van der Waals surface area contributed by atoms with Gasteiger partial charge in [0.1, 0.15) is 5.82 Å². The van der Waals surface area contributed by atoms with Gasteiger partial charge in [-0.2, -0.15) is 0 Å². The van der Waals surface area contributed by atoms with Crippen LogP contribution in [0.15, 0.2) is 29.6 Å². The normalized spacial score (nSPS) is 17.7. The van der Waals surface area contributed by atoms with E-state index in [9.17, 15) is 9.18 Å². The van der Waals surface area contributed by atoms with Crippen molar-refractivity contribution >= 4 is 22.9 Å². The molecule has 1 aromatic heterocycles. The fraction of sp³-hybridized carbons (Fsp3) is 0.421. The monoisotopic (exact) mass is 344 g/mol. The lowest BCUT2D eigenvalue weighted by Crippen LogP contribution is -2.49. The minimum absolute atomic E-state index is 0.155. The molecule has 0 spiro atoms. The van der Waals surface area contributed by atoms with Crippen molar-refractivity contribution in [2.45, 2.75) is 25.7 Å². The SMILES string of the molecule is O=C(c1csc2c1CCCC2)N1CCN(c2ccccc2F)CC1. The van der Waals surface area contributed by atoms with Gasteiger partial charge in [-0.1, -0.05) is 12.1 Å². The molecule has 4 rings (SSSR count). The van der Waals surface area contributed by atoms with Crippen LogP contribution in [-0.4, -0.2) is 37.0 Å². The number of rotatable bonds is 2. The van der Waals surface area contributed by atoms with Gasteiger partial charge in [0.25, 0.3) is 5.91 Å². The Kier molecular flexibility index (Phi) is 4.27. The number of para-hydroxylation sites is 1.